The minimum absolute atomic E-state index is 0.0784. The fraction of sp³-hybridized carbons (Fsp3) is 0.333. The summed E-state index contributed by atoms with van der Waals surface area (Å²) in [6.45, 7) is 0. The Hall–Kier alpha value is -0.150. The van der Waals surface area contributed by atoms with Crippen LogP contribution in [0.15, 0.2) is 23.0 Å². The lowest BCUT2D eigenvalue weighted by atomic mass is 10.4. The Morgan fingerprint density at radius 1 is 1.78 bits per heavy atom. The highest BCUT2D eigenvalue weighted by atomic mass is 32.8. The van der Waals surface area contributed by atoms with Crippen molar-refractivity contribution in [3.05, 3.63) is 24.2 Å². The van der Waals surface area contributed by atoms with Crippen molar-refractivity contribution >= 4 is 20.6 Å². The second-order valence-corrected chi connectivity index (χ2v) is 4.99. The van der Waals surface area contributed by atoms with Gasteiger partial charge in [-0.1, -0.05) is 11.2 Å². The van der Waals surface area contributed by atoms with E-state index in [4.69, 9.17) is 15.6 Å². The summed E-state index contributed by atoms with van der Waals surface area (Å²) in [5.74, 6) is 0.964. The lowest BCUT2D eigenvalue weighted by Gasteiger charge is -1.90. The first kappa shape index (κ1) is 6.96. The summed E-state index contributed by atoms with van der Waals surface area (Å²) in [5.41, 5.74) is 1.20. The van der Waals surface area contributed by atoms with E-state index in [0.29, 0.717) is 0 Å². The highest BCUT2D eigenvalue weighted by Crippen LogP contribution is 2.01. The summed E-state index contributed by atoms with van der Waals surface area (Å²) in [5, 5.41) is 0. The Bertz CT molecular complexity index is 191. The van der Waals surface area contributed by atoms with Crippen LogP contribution in [0, 0.1) is 0 Å². The maximum Gasteiger partial charge on any atom is 0.0943 e. The van der Waals surface area contributed by atoms with Crippen LogP contribution in [0.25, 0.3) is 0 Å². The van der Waals surface area contributed by atoms with Gasteiger partial charge in [-0.25, -0.2) is 0 Å². The number of furan rings is 1. The van der Waals surface area contributed by atoms with Gasteiger partial charge in [0.25, 0.3) is 0 Å². The van der Waals surface area contributed by atoms with Gasteiger partial charge >= 0.3 is 0 Å². The van der Waals surface area contributed by atoms with Crippen molar-refractivity contribution in [2.45, 2.75) is 5.75 Å². The molecule has 0 saturated carbocycles. The van der Waals surface area contributed by atoms with Crippen LogP contribution in [-0.2, 0) is 26.4 Å². The zero-order chi connectivity index (χ0) is 6.69. The summed E-state index contributed by atoms with van der Waals surface area (Å²) < 4.78 is 4.87. The summed E-state index contributed by atoms with van der Waals surface area (Å²) >= 11 is 5.01. The highest BCUT2D eigenvalue weighted by molar-refractivity contribution is 8.28. The van der Waals surface area contributed by atoms with Crippen LogP contribution >= 0.6 is 0 Å². The minimum Gasteiger partial charge on any atom is -0.472 e. The van der Waals surface area contributed by atoms with E-state index in [2.05, 4.69) is 0 Å². The van der Waals surface area contributed by atoms with E-state index in [1.807, 2.05) is 12.3 Å². The van der Waals surface area contributed by atoms with Gasteiger partial charge in [-0.3, -0.25) is 0 Å². The molecule has 0 spiro atoms. The van der Waals surface area contributed by atoms with Gasteiger partial charge in [0.1, 0.15) is 0 Å². The third kappa shape index (κ3) is 2.28. The Kier molecular flexibility index (Phi) is 2.42. The quantitative estimate of drug-likeness (QED) is 0.650. The first-order valence-corrected chi connectivity index (χ1v) is 5.33. The molecule has 1 nitrogen and oxygen atoms in total. The average molecular weight is 160 g/mol. The van der Waals surface area contributed by atoms with E-state index in [1.165, 1.54) is 5.56 Å². The third-order valence-corrected chi connectivity index (χ3v) is 2.04. The fourth-order valence-corrected chi connectivity index (χ4v) is 1.65. The zero-order valence-corrected chi connectivity index (χ0v) is 6.80. The molecule has 9 heavy (non-hydrogen) atoms. The average Bonchev–Trinajstić information content (AvgIpc) is 2.15. The van der Waals surface area contributed by atoms with Crippen LogP contribution in [0.5, 0.6) is 0 Å². The van der Waals surface area contributed by atoms with Crippen LogP contribution in [-0.4, -0.2) is 6.26 Å². The topological polar surface area (TPSA) is 13.1 Å². The van der Waals surface area contributed by atoms with E-state index < -0.39 is 0 Å². The van der Waals surface area contributed by atoms with Crippen molar-refractivity contribution in [2.75, 3.05) is 6.26 Å². The molecule has 0 aromatic carbocycles. The van der Waals surface area contributed by atoms with Gasteiger partial charge in [0.05, 0.1) is 12.5 Å². The van der Waals surface area contributed by atoms with E-state index in [0.717, 1.165) is 5.75 Å². The summed E-state index contributed by atoms with van der Waals surface area (Å²) in [6.07, 6.45) is 5.47. The maximum atomic E-state index is 5.01. The Morgan fingerprint density at radius 3 is 3.00 bits per heavy atom. The first-order valence-electron chi connectivity index (χ1n) is 2.60. The Balaban J connectivity index is 2.58. The molecule has 0 N–H and O–H groups in total. The predicted octanol–water partition coefficient (Wildman–Crippen LogP) is 1.49. The van der Waals surface area contributed by atoms with E-state index in [-0.39, 0.29) is 9.45 Å². The fourth-order valence-electron chi connectivity index (χ4n) is 0.609. The summed E-state index contributed by atoms with van der Waals surface area (Å²) in [6, 6.07) is 1.95. The van der Waals surface area contributed by atoms with Gasteiger partial charge in [0.15, 0.2) is 0 Å². The molecule has 0 aliphatic carbocycles. The van der Waals surface area contributed by atoms with Crippen LogP contribution in [0.3, 0.4) is 0 Å². The second-order valence-electron chi connectivity index (χ2n) is 1.85. The van der Waals surface area contributed by atoms with Gasteiger partial charge in [0, 0.05) is 11.3 Å². The van der Waals surface area contributed by atoms with Gasteiger partial charge in [-0.2, -0.15) is 0 Å². The molecule has 0 bridgehead atoms. The third-order valence-electron chi connectivity index (χ3n) is 0.950. The second kappa shape index (κ2) is 3.13. The molecule has 0 amide bonds. The molecule has 1 aromatic rings. The first-order chi connectivity index (χ1) is 4.29. The summed E-state index contributed by atoms with van der Waals surface area (Å²) in [4.78, 5) is 0. The maximum absolute atomic E-state index is 5.01. The van der Waals surface area contributed by atoms with Crippen molar-refractivity contribution in [1.29, 1.82) is 0 Å². The zero-order valence-electron chi connectivity index (χ0n) is 5.16. The molecule has 1 aromatic heterocycles. The van der Waals surface area contributed by atoms with Crippen molar-refractivity contribution < 1.29 is 4.42 Å². The van der Waals surface area contributed by atoms with Gasteiger partial charge in [-0.05, 0) is 12.3 Å². The van der Waals surface area contributed by atoms with Crippen molar-refractivity contribution in [2.24, 2.45) is 0 Å². The van der Waals surface area contributed by atoms with E-state index >= 15 is 0 Å². The molecule has 1 heterocycles. The van der Waals surface area contributed by atoms with Gasteiger partial charge in [-0.15, -0.1) is 9.45 Å². The van der Waals surface area contributed by atoms with Crippen molar-refractivity contribution in [3.8, 4) is 0 Å². The van der Waals surface area contributed by atoms with Gasteiger partial charge in [0.2, 0.25) is 0 Å². The van der Waals surface area contributed by atoms with Crippen LogP contribution in [0.4, 0.5) is 0 Å². The number of rotatable bonds is 2. The summed E-state index contributed by atoms with van der Waals surface area (Å²) in [7, 11) is 0.0784. The van der Waals surface area contributed by atoms with Gasteiger partial charge < -0.3 is 4.42 Å². The largest absolute Gasteiger partial charge is 0.472 e. The van der Waals surface area contributed by atoms with Crippen LogP contribution in [0.2, 0.25) is 0 Å². The molecule has 1 rings (SSSR count). The predicted molar refractivity (Wildman–Crippen MR) is 43.1 cm³/mol. The van der Waals surface area contributed by atoms with Crippen LogP contribution in [0.1, 0.15) is 5.56 Å². The van der Waals surface area contributed by atoms with Crippen molar-refractivity contribution in [1.82, 2.24) is 0 Å². The molecule has 3 heteroatoms. The monoisotopic (exact) mass is 160 g/mol. The molecule has 0 saturated heterocycles. The standard InChI is InChI=1S/C6H8OS2/c1-9(8)5-6-2-3-7-4-6/h2-4H,5H2,1H3. The number of hydrogen-bond donors (Lipinski definition) is 0. The molecule has 0 fully saturated rings. The normalized spacial score (nSPS) is 13.4. The molecule has 0 aliphatic rings. The lowest BCUT2D eigenvalue weighted by Crippen LogP contribution is -1.86. The van der Waals surface area contributed by atoms with Crippen LogP contribution < -0.4 is 0 Å². The smallest absolute Gasteiger partial charge is 0.0943 e. The Labute approximate surface area is 61.7 Å². The van der Waals surface area contributed by atoms with E-state index in [9.17, 15) is 0 Å². The Morgan fingerprint density at radius 2 is 2.56 bits per heavy atom. The molecule has 0 radical (unpaired) electrons. The van der Waals surface area contributed by atoms with E-state index in [1.54, 1.807) is 12.5 Å². The molecule has 50 valence electrons. The minimum atomic E-state index is 0.0784. The lowest BCUT2D eigenvalue weighted by molar-refractivity contribution is 0.565. The SMILES string of the molecule is CS(=S)Cc1ccoc1. The van der Waals surface area contributed by atoms with Crippen molar-refractivity contribution in [3.63, 3.8) is 0 Å². The molecular formula is C6H8OS2. The highest BCUT2D eigenvalue weighted by Gasteiger charge is 1.92. The molecular weight excluding hydrogens is 152 g/mol. The molecule has 1 unspecified atom stereocenters. The number of hydrogen-bond acceptors (Lipinski definition) is 2. The molecule has 0 aliphatic heterocycles. The molecule has 1 atom stereocenters.